The molecule has 0 aliphatic carbocycles. The first-order chi connectivity index (χ1) is 19.3. The lowest BCUT2D eigenvalue weighted by atomic mass is 10.0. The second-order valence-corrected chi connectivity index (χ2v) is 13.7. The van der Waals surface area contributed by atoms with E-state index in [1.165, 1.54) is 122 Å². The fraction of sp³-hybridized carbons (Fsp3) is 0.970. The molecule has 40 heavy (non-hydrogen) atoms. The third kappa shape index (κ3) is 28.9. The lowest BCUT2D eigenvalue weighted by Gasteiger charge is -2.23. The van der Waals surface area contributed by atoms with Crippen LogP contribution in [0.4, 0.5) is 0 Å². The number of rotatable bonds is 31. The van der Waals surface area contributed by atoms with Gasteiger partial charge in [-0.05, 0) is 12.8 Å². The topological polar surface area (TPSA) is 104 Å². The molecule has 1 amide bonds. The van der Waals surface area contributed by atoms with Gasteiger partial charge in [0.15, 0.2) is 0 Å². The van der Waals surface area contributed by atoms with Crippen molar-refractivity contribution in [2.24, 2.45) is 0 Å². The first-order valence-electron chi connectivity index (χ1n) is 17.2. The molecule has 0 aliphatic heterocycles. The molecule has 7 heteroatoms. The van der Waals surface area contributed by atoms with Gasteiger partial charge in [0.1, 0.15) is 0 Å². The van der Waals surface area contributed by atoms with Gasteiger partial charge in [-0.1, -0.05) is 168 Å². The molecule has 0 aromatic rings. The van der Waals surface area contributed by atoms with E-state index in [9.17, 15) is 22.9 Å². The Morgan fingerprint density at radius 1 is 0.575 bits per heavy atom. The Morgan fingerprint density at radius 2 is 0.900 bits per heavy atom. The van der Waals surface area contributed by atoms with Gasteiger partial charge in [-0.15, -0.1) is 0 Å². The van der Waals surface area contributed by atoms with Gasteiger partial charge < -0.3 is 10.4 Å². The summed E-state index contributed by atoms with van der Waals surface area (Å²) in [5, 5.41) is 13.2. The first-order valence-corrected chi connectivity index (χ1v) is 18.8. The number of hydrogen-bond acceptors (Lipinski definition) is 4. The van der Waals surface area contributed by atoms with E-state index in [-0.39, 0.29) is 5.91 Å². The summed E-state index contributed by atoms with van der Waals surface area (Å²) in [4.78, 5) is 12.3. The molecular weight excluding hydrogens is 522 g/mol. The molecule has 0 radical (unpaired) electrons. The van der Waals surface area contributed by atoms with Gasteiger partial charge in [0.2, 0.25) is 5.91 Å². The lowest BCUT2D eigenvalue weighted by molar-refractivity contribution is -0.122. The molecule has 2 atom stereocenters. The molecular formula is C33H67NO5S. The summed E-state index contributed by atoms with van der Waals surface area (Å²) in [7, 11) is -4.29. The maximum absolute atomic E-state index is 12.3. The van der Waals surface area contributed by atoms with Crippen molar-refractivity contribution in [1.82, 2.24) is 5.32 Å². The Balaban J connectivity index is 3.82. The van der Waals surface area contributed by atoms with Gasteiger partial charge in [-0.2, -0.15) is 8.42 Å². The summed E-state index contributed by atoms with van der Waals surface area (Å²) in [5.41, 5.74) is 0. The number of amides is 1. The minimum Gasteiger partial charge on any atom is -0.391 e. The van der Waals surface area contributed by atoms with Crippen molar-refractivity contribution in [3.63, 3.8) is 0 Å². The highest BCUT2D eigenvalue weighted by Gasteiger charge is 2.26. The quantitative estimate of drug-likeness (QED) is 0.0552. The van der Waals surface area contributed by atoms with Crippen LogP contribution in [-0.2, 0) is 14.9 Å². The van der Waals surface area contributed by atoms with E-state index >= 15 is 0 Å². The fourth-order valence-electron chi connectivity index (χ4n) is 5.45. The minimum absolute atomic E-state index is 0.251. The van der Waals surface area contributed by atoms with E-state index < -0.39 is 28.0 Å². The number of aliphatic hydroxyl groups is 1. The number of unbranched alkanes of at least 4 members (excludes halogenated alkanes) is 23. The second-order valence-electron chi connectivity index (χ2n) is 12.2. The van der Waals surface area contributed by atoms with Crippen LogP contribution in [0.5, 0.6) is 0 Å². The molecule has 0 aromatic carbocycles. The Bertz CT molecular complexity index is 655. The Kier molecular flexibility index (Phi) is 28.0. The summed E-state index contributed by atoms with van der Waals surface area (Å²) < 4.78 is 32.2. The van der Waals surface area contributed by atoms with Crippen molar-refractivity contribution < 1.29 is 22.9 Å². The maximum Gasteiger partial charge on any atom is 0.266 e. The number of carbonyl (C=O) groups excluding carboxylic acids is 1. The van der Waals surface area contributed by atoms with Gasteiger partial charge in [0.25, 0.3) is 10.1 Å². The molecule has 3 N–H and O–H groups in total. The Morgan fingerprint density at radius 3 is 1.25 bits per heavy atom. The number of nitrogens with one attached hydrogen (secondary N) is 1. The zero-order valence-corrected chi connectivity index (χ0v) is 27.3. The number of carbonyl (C=O) groups is 1. The van der Waals surface area contributed by atoms with Crippen LogP contribution in [0.1, 0.15) is 187 Å². The van der Waals surface area contributed by atoms with Crippen molar-refractivity contribution in [2.75, 3.05) is 5.75 Å². The third-order valence-corrected chi connectivity index (χ3v) is 8.84. The fourth-order valence-corrected chi connectivity index (χ4v) is 6.21. The highest BCUT2D eigenvalue weighted by Crippen LogP contribution is 2.16. The SMILES string of the molecule is CCCCCCCCCCCCCCCCCCCCC(O)C(CS(=O)(=O)O)NC(=O)CCCCCCCCC. The van der Waals surface area contributed by atoms with E-state index in [2.05, 4.69) is 19.2 Å². The predicted molar refractivity (Wildman–Crippen MR) is 170 cm³/mol. The molecule has 2 unspecified atom stereocenters. The van der Waals surface area contributed by atoms with Crippen LogP contribution in [0, 0.1) is 0 Å². The van der Waals surface area contributed by atoms with E-state index in [1.54, 1.807) is 0 Å². The molecule has 0 spiro atoms. The molecule has 0 saturated heterocycles. The second kappa shape index (κ2) is 28.5. The van der Waals surface area contributed by atoms with Gasteiger partial charge in [-0.25, -0.2) is 0 Å². The average molecular weight is 590 g/mol. The van der Waals surface area contributed by atoms with Crippen molar-refractivity contribution >= 4 is 16.0 Å². The van der Waals surface area contributed by atoms with Crippen LogP contribution in [0.3, 0.4) is 0 Å². The third-order valence-electron chi connectivity index (χ3n) is 8.06. The maximum atomic E-state index is 12.3. The van der Waals surface area contributed by atoms with Crippen LogP contribution in [0.25, 0.3) is 0 Å². The molecule has 0 rings (SSSR count). The molecule has 6 nitrogen and oxygen atoms in total. The molecule has 0 aliphatic rings. The van der Waals surface area contributed by atoms with E-state index in [1.807, 2.05) is 0 Å². The van der Waals surface area contributed by atoms with Crippen LogP contribution in [0.15, 0.2) is 0 Å². The van der Waals surface area contributed by atoms with Crippen LogP contribution in [-0.4, -0.2) is 41.9 Å². The summed E-state index contributed by atoms with van der Waals surface area (Å²) in [6.45, 7) is 4.45. The van der Waals surface area contributed by atoms with Crippen molar-refractivity contribution in [3.8, 4) is 0 Å². The molecule has 0 fully saturated rings. The number of hydrogen-bond donors (Lipinski definition) is 3. The van der Waals surface area contributed by atoms with Gasteiger partial charge in [0, 0.05) is 6.42 Å². The Hall–Kier alpha value is -0.660. The average Bonchev–Trinajstić information content (AvgIpc) is 2.90. The minimum atomic E-state index is -4.29. The molecule has 0 saturated carbocycles. The standard InChI is InChI=1S/C33H67NO5S/c1-3-5-7-9-11-12-13-14-15-16-17-18-19-20-21-23-24-26-28-32(35)31(30-40(37,38)39)34-33(36)29-27-25-22-10-8-6-4-2/h31-32,35H,3-30H2,1-2H3,(H,34,36)(H,37,38,39). The van der Waals surface area contributed by atoms with Crippen LogP contribution in [0.2, 0.25) is 0 Å². The summed E-state index contributed by atoms with van der Waals surface area (Å²) in [5.74, 6) is -0.894. The van der Waals surface area contributed by atoms with E-state index in [0.29, 0.717) is 12.8 Å². The number of aliphatic hydroxyl groups excluding tert-OH is 1. The van der Waals surface area contributed by atoms with Crippen molar-refractivity contribution in [2.45, 2.75) is 199 Å². The monoisotopic (exact) mass is 589 g/mol. The highest BCUT2D eigenvalue weighted by atomic mass is 32.2. The molecule has 0 bridgehead atoms. The van der Waals surface area contributed by atoms with Crippen LogP contribution < -0.4 is 5.32 Å². The summed E-state index contributed by atoms with van der Waals surface area (Å²) >= 11 is 0. The highest BCUT2D eigenvalue weighted by molar-refractivity contribution is 7.85. The molecule has 0 aromatic heterocycles. The van der Waals surface area contributed by atoms with Crippen molar-refractivity contribution in [1.29, 1.82) is 0 Å². The Labute approximate surface area is 249 Å². The molecule has 0 heterocycles. The van der Waals surface area contributed by atoms with Gasteiger partial charge in [0.05, 0.1) is 17.9 Å². The lowest BCUT2D eigenvalue weighted by Crippen LogP contribution is -2.47. The normalized spacial score (nSPS) is 13.4. The summed E-state index contributed by atoms with van der Waals surface area (Å²) in [6.07, 6.45) is 30.7. The van der Waals surface area contributed by atoms with Crippen molar-refractivity contribution in [3.05, 3.63) is 0 Å². The van der Waals surface area contributed by atoms with E-state index in [0.717, 1.165) is 38.5 Å². The van der Waals surface area contributed by atoms with Gasteiger partial charge >= 0.3 is 0 Å². The smallest absolute Gasteiger partial charge is 0.266 e. The van der Waals surface area contributed by atoms with E-state index in [4.69, 9.17) is 0 Å². The first kappa shape index (κ1) is 39.3. The zero-order chi connectivity index (χ0) is 29.7. The predicted octanol–water partition coefficient (Wildman–Crippen LogP) is 9.29. The van der Waals surface area contributed by atoms with Crippen LogP contribution >= 0.6 is 0 Å². The zero-order valence-electron chi connectivity index (χ0n) is 26.5. The van der Waals surface area contributed by atoms with Gasteiger partial charge in [-0.3, -0.25) is 9.35 Å². The summed E-state index contributed by atoms with van der Waals surface area (Å²) in [6, 6.07) is -0.960. The largest absolute Gasteiger partial charge is 0.391 e. The molecule has 240 valence electrons.